The fraction of sp³-hybridized carbons (Fsp3) is 0.333. The zero-order valence-electron chi connectivity index (χ0n) is 15.6. The van der Waals surface area contributed by atoms with Gasteiger partial charge in [0.2, 0.25) is 0 Å². The zero-order valence-corrected chi connectivity index (χ0v) is 17.7. The lowest BCUT2D eigenvalue weighted by molar-refractivity contribution is -0.137. The average molecular weight is 531 g/mol. The SMILES string of the molecule is O=C1OCc2cc(NC(=O)C(O)(I)CC3(c4cccc(C(F)(F)F)c4)CC3)ccc21. The van der Waals surface area contributed by atoms with Gasteiger partial charge in [-0.1, -0.05) is 18.2 Å². The predicted molar refractivity (Wildman–Crippen MR) is 110 cm³/mol. The first-order chi connectivity index (χ1) is 14.0. The Morgan fingerprint density at radius 3 is 2.60 bits per heavy atom. The first kappa shape index (κ1) is 21.1. The second-order valence-corrected chi connectivity index (χ2v) is 9.48. The van der Waals surface area contributed by atoms with Gasteiger partial charge in [-0.2, -0.15) is 13.2 Å². The van der Waals surface area contributed by atoms with Crippen molar-refractivity contribution in [3.8, 4) is 0 Å². The van der Waals surface area contributed by atoms with Crippen LogP contribution in [0.3, 0.4) is 0 Å². The number of hydrogen-bond donors (Lipinski definition) is 2. The number of nitrogens with one attached hydrogen (secondary N) is 1. The molecule has 1 aliphatic heterocycles. The van der Waals surface area contributed by atoms with Gasteiger partial charge in [0.05, 0.1) is 11.1 Å². The summed E-state index contributed by atoms with van der Waals surface area (Å²) in [4.78, 5) is 24.2. The van der Waals surface area contributed by atoms with Crippen LogP contribution >= 0.6 is 22.6 Å². The number of halogens is 4. The number of ether oxygens (including phenoxy) is 1. The van der Waals surface area contributed by atoms with E-state index in [0.717, 1.165) is 12.1 Å². The van der Waals surface area contributed by atoms with Crippen molar-refractivity contribution >= 4 is 40.2 Å². The molecule has 0 radical (unpaired) electrons. The van der Waals surface area contributed by atoms with Crippen LogP contribution in [0.4, 0.5) is 18.9 Å². The highest BCUT2D eigenvalue weighted by Gasteiger charge is 2.52. The fourth-order valence-corrected chi connectivity index (χ4v) is 4.58. The molecule has 5 nitrogen and oxygen atoms in total. The van der Waals surface area contributed by atoms with E-state index >= 15 is 0 Å². The number of rotatable bonds is 5. The summed E-state index contributed by atoms with van der Waals surface area (Å²) in [6.07, 6.45) is -3.29. The molecule has 0 spiro atoms. The molecule has 4 rings (SSSR count). The average Bonchev–Trinajstić information content (AvgIpc) is 3.36. The van der Waals surface area contributed by atoms with E-state index in [1.807, 2.05) is 0 Å². The van der Waals surface area contributed by atoms with Gasteiger partial charge in [-0.25, -0.2) is 4.79 Å². The van der Waals surface area contributed by atoms with Crippen LogP contribution in [-0.2, 0) is 27.7 Å². The largest absolute Gasteiger partial charge is 0.457 e. The number of alkyl halides is 4. The lowest BCUT2D eigenvalue weighted by Crippen LogP contribution is -2.40. The van der Waals surface area contributed by atoms with E-state index in [2.05, 4.69) is 5.32 Å². The van der Waals surface area contributed by atoms with Crippen LogP contribution in [0.15, 0.2) is 42.5 Å². The van der Waals surface area contributed by atoms with Crippen LogP contribution in [0.1, 0.15) is 46.3 Å². The van der Waals surface area contributed by atoms with Crippen molar-refractivity contribution in [1.29, 1.82) is 0 Å². The molecule has 1 amide bonds. The molecule has 9 heteroatoms. The van der Waals surface area contributed by atoms with Crippen LogP contribution in [0.5, 0.6) is 0 Å². The molecule has 1 unspecified atom stereocenters. The number of esters is 1. The van der Waals surface area contributed by atoms with Crippen molar-refractivity contribution in [2.45, 2.75) is 41.1 Å². The molecule has 1 saturated carbocycles. The zero-order chi connectivity index (χ0) is 21.7. The number of aliphatic hydroxyl groups is 1. The van der Waals surface area contributed by atoms with E-state index in [9.17, 15) is 27.9 Å². The molecule has 30 heavy (non-hydrogen) atoms. The second-order valence-electron chi connectivity index (χ2n) is 7.70. The van der Waals surface area contributed by atoms with Gasteiger partial charge in [0.15, 0.2) is 3.61 Å². The van der Waals surface area contributed by atoms with Gasteiger partial charge in [0.25, 0.3) is 5.91 Å². The molecule has 1 aliphatic carbocycles. The summed E-state index contributed by atoms with van der Waals surface area (Å²) in [5.41, 5.74) is 0.510. The third-order valence-electron chi connectivity index (χ3n) is 5.52. The van der Waals surface area contributed by atoms with E-state index < -0.39 is 32.6 Å². The van der Waals surface area contributed by atoms with E-state index in [1.165, 1.54) is 18.2 Å². The van der Waals surface area contributed by atoms with Gasteiger partial charge >= 0.3 is 12.1 Å². The van der Waals surface area contributed by atoms with Gasteiger partial charge in [0, 0.05) is 17.7 Å². The summed E-state index contributed by atoms with van der Waals surface area (Å²) >= 11 is 1.63. The quantitative estimate of drug-likeness (QED) is 0.337. The third-order valence-corrected chi connectivity index (χ3v) is 6.39. The summed E-state index contributed by atoms with van der Waals surface area (Å²) in [6.45, 7) is 0.116. The number of anilines is 1. The molecule has 2 N–H and O–H groups in total. The van der Waals surface area contributed by atoms with Crippen LogP contribution in [0, 0.1) is 0 Å². The van der Waals surface area contributed by atoms with Crippen molar-refractivity contribution in [2.24, 2.45) is 0 Å². The molecule has 2 aliphatic rings. The highest BCUT2D eigenvalue weighted by atomic mass is 127. The number of carbonyl (C=O) groups excluding carboxylic acids is 2. The number of cyclic esters (lactones) is 1. The number of amides is 1. The molecule has 158 valence electrons. The van der Waals surface area contributed by atoms with Crippen LogP contribution in [-0.4, -0.2) is 20.6 Å². The fourth-order valence-electron chi connectivity index (χ4n) is 3.71. The van der Waals surface area contributed by atoms with Crippen molar-refractivity contribution in [2.75, 3.05) is 5.32 Å². The summed E-state index contributed by atoms with van der Waals surface area (Å²) in [5.74, 6) is -1.10. The molecule has 1 heterocycles. The summed E-state index contributed by atoms with van der Waals surface area (Å²) in [7, 11) is 0. The first-order valence-corrected chi connectivity index (χ1v) is 10.3. The number of benzene rings is 2. The Balaban J connectivity index is 1.50. The highest BCUT2D eigenvalue weighted by Crippen LogP contribution is 2.55. The molecule has 0 bridgehead atoms. The molecule has 1 atom stereocenters. The smallest absolute Gasteiger partial charge is 0.416 e. The van der Waals surface area contributed by atoms with E-state index in [0.29, 0.717) is 35.2 Å². The summed E-state index contributed by atoms with van der Waals surface area (Å²) in [5, 5.41) is 13.4. The minimum absolute atomic E-state index is 0.0136. The Hall–Kier alpha value is -2.14. The molecular weight excluding hydrogens is 514 g/mol. The van der Waals surface area contributed by atoms with Crippen LogP contribution in [0.25, 0.3) is 0 Å². The maximum atomic E-state index is 13.1. The van der Waals surface area contributed by atoms with Gasteiger partial charge in [-0.15, -0.1) is 0 Å². The Labute approximate surface area is 183 Å². The lowest BCUT2D eigenvalue weighted by atomic mass is 9.88. The van der Waals surface area contributed by atoms with Crippen molar-refractivity contribution < 1.29 is 32.6 Å². The monoisotopic (exact) mass is 531 g/mol. The van der Waals surface area contributed by atoms with E-state index in [4.69, 9.17) is 4.74 Å². The Morgan fingerprint density at radius 1 is 1.20 bits per heavy atom. The van der Waals surface area contributed by atoms with Gasteiger partial charge < -0.3 is 15.2 Å². The number of fused-ring (bicyclic) bond motifs is 1. The number of carbonyl (C=O) groups is 2. The van der Waals surface area contributed by atoms with Crippen LogP contribution in [0.2, 0.25) is 0 Å². The Bertz CT molecular complexity index is 1030. The van der Waals surface area contributed by atoms with Crippen LogP contribution < -0.4 is 5.32 Å². The Morgan fingerprint density at radius 2 is 1.93 bits per heavy atom. The third kappa shape index (κ3) is 4.04. The summed E-state index contributed by atoms with van der Waals surface area (Å²) < 4.78 is 42.3. The predicted octanol–water partition coefficient (Wildman–Crippen LogP) is 4.56. The molecule has 0 saturated heterocycles. The summed E-state index contributed by atoms with van der Waals surface area (Å²) in [6, 6.07) is 9.72. The van der Waals surface area contributed by atoms with Gasteiger partial charge in [-0.05, 0) is 70.7 Å². The molecule has 1 fully saturated rings. The topological polar surface area (TPSA) is 75.6 Å². The Kier molecular flexibility index (Phi) is 5.08. The highest BCUT2D eigenvalue weighted by molar-refractivity contribution is 14.1. The molecule has 2 aromatic carbocycles. The maximum Gasteiger partial charge on any atom is 0.416 e. The lowest BCUT2D eigenvalue weighted by Gasteiger charge is -2.27. The normalized spacial score (nSPS) is 18.9. The van der Waals surface area contributed by atoms with E-state index in [1.54, 1.807) is 34.7 Å². The maximum absolute atomic E-state index is 13.1. The standard InChI is InChI=1S/C21H17F3INO4/c22-21(23,24)14-3-1-2-13(9-14)19(6-7-19)11-20(25,29)18(28)26-15-4-5-16-12(8-15)10-30-17(16)27/h1-5,8-9,29H,6-7,10-11H2,(H,26,28). The minimum Gasteiger partial charge on any atom is -0.457 e. The molecular formula is C21H17F3INO4. The molecule has 0 aromatic heterocycles. The van der Waals surface area contributed by atoms with Crippen molar-refractivity contribution in [3.05, 3.63) is 64.7 Å². The van der Waals surface area contributed by atoms with Gasteiger partial charge in [0.1, 0.15) is 6.61 Å². The molecule has 2 aromatic rings. The first-order valence-electron chi connectivity index (χ1n) is 9.21. The number of hydrogen-bond acceptors (Lipinski definition) is 4. The van der Waals surface area contributed by atoms with E-state index in [-0.39, 0.29) is 13.0 Å². The second kappa shape index (κ2) is 7.23. The van der Waals surface area contributed by atoms with Gasteiger partial charge in [-0.3, -0.25) is 4.79 Å². The minimum atomic E-state index is -4.46. The van der Waals surface area contributed by atoms with Crippen molar-refractivity contribution in [1.82, 2.24) is 0 Å². The van der Waals surface area contributed by atoms with Crippen molar-refractivity contribution in [3.63, 3.8) is 0 Å².